The van der Waals surface area contributed by atoms with Crippen LogP contribution < -0.4 is 15.8 Å². The van der Waals surface area contributed by atoms with Crippen molar-refractivity contribution in [2.75, 3.05) is 19.7 Å². The Morgan fingerprint density at radius 3 is 2.68 bits per heavy atom. The van der Waals surface area contributed by atoms with E-state index in [0.29, 0.717) is 30.1 Å². The van der Waals surface area contributed by atoms with Crippen LogP contribution in [0.15, 0.2) is 29.3 Å². The summed E-state index contributed by atoms with van der Waals surface area (Å²) in [5, 5.41) is 3.72. The number of guanidine groups is 1. The third kappa shape index (κ3) is 7.57. The van der Waals surface area contributed by atoms with Gasteiger partial charge in [0, 0.05) is 11.6 Å². The summed E-state index contributed by atoms with van der Waals surface area (Å²) in [6, 6.07) is 7.27. The van der Waals surface area contributed by atoms with Crippen molar-refractivity contribution in [1.82, 2.24) is 5.32 Å². The molecule has 0 heterocycles. The van der Waals surface area contributed by atoms with Gasteiger partial charge in [-0.05, 0) is 36.6 Å². The van der Waals surface area contributed by atoms with Crippen molar-refractivity contribution in [3.05, 3.63) is 29.3 Å². The van der Waals surface area contributed by atoms with Crippen molar-refractivity contribution in [3.63, 3.8) is 0 Å². The standard InChI is InChI=1S/C14H22ClN3O/c1-11(2)7-8-17-14(16)18-9-10-19-13-5-3-12(15)4-6-13/h3-6,11H,7-10H2,1-2H3,(H3,16,17,18). The van der Waals surface area contributed by atoms with Crippen LogP contribution in [0.25, 0.3) is 0 Å². The van der Waals surface area contributed by atoms with E-state index in [2.05, 4.69) is 24.2 Å². The van der Waals surface area contributed by atoms with Crippen molar-refractivity contribution in [3.8, 4) is 5.75 Å². The van der Waals surface area contributed by atoms with E-state index in [1.807, 2.05) is 12.1 Å². The van der Waals surface area contributed by atoms with Gasteiger partial charge in [-0.15, -0.1) is 0 Å². The second-order valence-electron chi connectivity index (χ2n) is 4.68. The molecule has 1 aromatic carbocycles. The predicted molar refractivity (Wildman–Crippen MR) is 80.9 cm³/mol. The lowest BCUT2D eigenvalue weighted by Gasteiger charge is -2.08. The molecule has 4 nitrogen and oxygen atoms in total. The Kier molecular flexibility index (Phi) is 7.11. The van der Waals surface area contributed by atoms with Gasteiger partial charge < -0.3 is 15.8 Å². The number of ether oxygens (including phenoxy) is 1. The van der Waals surface area contributed by atoms with Crippen LogP contribution in [0.3, 0.4) is 0 Å². The molecule has 0 unspecified atom stereocenters. The Labute approximate surface area is 120 Å². The highest BCUT2D eigenvalue weighted by Crippen LogP contribution is 2.14. The molecule has 0 fully saturated rings. The molecule has 106 valence electrons. The van der Waals surface area contributed by atoms with Crippen LogP contribution in [-0.4, -0.2) is 25.7 Å². The molecule has 0 bridgehead atoms. The zero-order valence-corrected chi connectivity index (χ0v) is 12.3. The van der Waals surface area contributed by atoms with Gasteiger partial charge in [-0.1, -0.05) is 25.4 Å². The topological polar surface area (TPSA) is 59.6 Å². The normalized spacial score (nSPS) is 11.7. The number of halogens is 1. The number of rotatable bonds is 7. The van der Waals surface area contributed by atoms with Crippen LogP contribution in [0.5, 0.6) is 5.75 Å². The number of hydrogen-bond donors (Lipinski definition) is 2. The maximum Gasteiger partial charge on any atom is 0.188 e. The monoisotopic (exact) mass is 283 g/mol. The fraction of sp³-hybridized carbons (Fsp3) is 0.500. The largest absolute Gasteiger partial charge is 0.492 e. The van der Waals surface area contributed by atoms with Crippen LogP contribution in [0.4, 0.5) is 0 Å². The fourth-order valence-corrected chi connectivity index (χ4v) is 1.50. The van der Waals surface area contributed by atoms with Crippen molar-refractivity contribution in [1.29, 1.82) is 0 Å². The maximum absolute atomic E-state index is 5.79. The van der Waals surface area contributed by atoms with E-state index < -0.39 is 0 Å². The average molecular weight is 284 g/mol. The minimum Gasteiger partial charge on any atom is -0.492 e. The summed E-state index contributed by atoms with van der Waals surface area (Å²) in [6.45, 7) is 6.24. The molecule has 5 heteroatoms. The number of hydrogen-bond acceptors (Lipinski definition) is 2. The molecule has 1 aromatic rings. The first-order chi connectivity index (χ1) is 9.08. The van der Waals surface area contributed by atoms with Crippen LogP contribution in [-0.2, 0) is 0 Å². The fourth-order valence-electron chi connectivity index (χ4n) is 1.38. The molecule has 0 aliphatic heterocycles. The van der Waals surface area contributed by atoms with E-state index in [9.17, 15) is 0 Å². The summed E-state index contributed by atoms with van der Waals surface area (Å²) in [5.74, 6) is 1.91. The van der Waals surface area contributed by atoms with Gasteiger partial charge in [0.15, 0.2) is 5.96 Å². The van der Waals surface area contributed by atoms with Gasteiger partial charge in [0.2, 0.25) is 0 Å². The Morgan fingerprint density at radius 2 is 2.05 bits per heavy atom. The first-order valence-corrected chi connectivity index (χ1v) is 6.88. The lowest BCUT2D eigenvalue weighted by molar-refractivity contribution is 0.322. The van der Waals surface area contributed by atoms with E-state index >= 15 is 0 Å². The minimum atomic E-state index is 0.473. The number of aliphatic imine (C=N–C) groups is 1. The van der Waals surface area contributed by atoms with E-state index in [-0.39, 0.29) is 0 Å². The summed E-state index contributed by atoms with van der Waals surface area (Å²) in [4.78, 5) is 4.23. The summed E-state index contributed by atoms with van der Waals surface area (Å²) < 4.78 is 5.52. The van der Waals surface area contributed by atoms with Crippen molar-refractivity contribution < 1.29 is 4.74 Å². The second kappa shape index (κ2) is 8.64. The van der Waals surface area contributed by atoms with Crippen molar-refractivity contribution in [2.24, 2.45) is 16.6 Å². The molecule has 0 atom stereocenters. The highest BCUT2D eigenvalue weighted by Gasteiger charge is 1.96. The molecule has 3 N–H and O–H groups in total. The van der Waals surface area contributed by atoms with E-state index in [1.54, 1.807) is 12.1 Å². The number of benzene rings is 1. The van der Waals surface area contributed by atoms with Gasteiger partial charge >= 0.3 is 0 Å². The van der Waals surface area contributed by atoms with Gasteiger partial charge in [0.1, 0.15) is 12.4 Å². The zero-order chi connectivity index (χ0) is 14.1. The molecule has 0 aliphatic rings. The number of nitrogens with two attached hydrogens (primary N) is 1. The third-order valence-corrected chi connectivity index (χ3v) is 2.73. The summed E-state index contributed by atoms with van der Waals surface area (Å²) >= 11 is 5.79. The Bertz CT molecular complexity index is 390. The third-order valence-electron chi connectivity index (χ3n) is 2.48. The van der Waals surface area contributed by atoms with E-state index in [4.69, 9.17) is 22.1 Å². The molecule has 1 rings (SSSR count). The van der Waals surface area contributed by atoms with E-state index in [0.717, 1.165) is 18.7 Å². The highest BCUT2D eigenvalue weighted by atomic mass is 35.5. The van der Waals surface area contributed by atoms with Gasteiger partial charge in [0.05, 0.1) is 6.54 Å². The Morgan fingerprint density at radius 1 is 1.37 bits per heavy atom. The van der Waals surface area contributed by atoms with Gasteiger partial charge in [-0.3, -0.25) is 4.99 Å². The smallest absolute Gasteiger partial charge is 0.188 e. The summed E-state index contributed by atoms with van der Waals surface area (Å²) in [7, 11) is 0. The van der Waals surface area contributed by atoms with E-state index in [1.165, 1.54) is 0 Å². The predicted octanol–water partition coefficient (Wildman–Crippen LogP) is 2.67. The Balaban J connectivity index is 2.14. The molecule has 0 amide bonds. The zero-order valence-electron chi connectivity index (χ0n) is 11.5. The summed E-state index contributed by atoms with van der Waals surface area (Å²) in [5.41, 5.74) is 5.73. The summed E-state index contributed by atoms with van der Waals surface area (Å²) in [6.07, 6.45) is 1.05. The lowest BCUT2D eigenvalue weighted by atomic mass is 10.1. The first-order valence-electron chi connectivity index (χ1n) is 6.50. The number of nitrogens with zero attached hydrogens (tertiary/aromatic N) is 1. The van der Waals surface area contributed by atoms with Crippen LogP contribution >= 0.6 is 11.6 Å². The van der Waals surface area contributed by atoms with Gasteiger partial charge in [0.25, 0.3) is 0 Å². The number of nitrogens with one attached hydrogen (secondary N) is 1. The molecular weight excluding hydrogens is 262 g/mol. The molecular formula is C14H22ClN3O. The Hall–Kier alpha value is -1.42. The van der Waals surface area contributed by atoms with Gasteiger partial charge in [-0.25, -0.2) is 0 Å². The minimum absolute atomic E-state index is 0.473. The molecule has 0 saturated heterocycles. The molecule has 19 heavy (non-hydrogen) atoms. The van der Waals surface area contributed by atoms with Crippen LogP contribution in [0.1, 0.15) is 20.3 Å². The lowest BCUT2D eigenvalue weighted by Crippen LogP contribution is -2.34. The van der Waals surface area contributed by atoms with Crippen LogP contribution in [0, 0.1) is 5.92 Å². The molecule has 0 radical (unpaired) electrons. The molecule has 0 saturated carbocycles. The molecule has 0 aliphatic carbocycles. The van der Waals surface area contributed by atoms with Crippen molar-refractivity contribution >= 4 is 17.6 Å². The highest BCUT2D eigenvalue weighted by molar-refractivity contribution is 6.30. The average Bonchev–Trinajstić information content (AvgIpc) is 2.36. The SMILES string of the molecule is CC(C)CCN=C(N)NCCOc1ccc(Cl)cc1. The second-order valence-corrected chi connectivity index (χ2v) is 5.12. The molecule has 0 aromatic heterocycles. The first kappa shape index (κ1) is 15.6. The quantitative estimate of drug-likeness (QED) is 0.459. The van der Waals surface area contributed by atoms with Crippen LogP contribution in [0.2, 0.25) is 5.02 Å². The van der Waals surface area contributed by atoms with Gasteiger partial charge in [-0.2, -0.15) is 0 Å². The molecule has 0 spiro atoms. The maximum atomic E-state index is 5.79. The van der Waals surface area contributed by atoms with Crippen molar-refractivity contribution in [2.45, 2.75) is 20.3 Å².